The van der Waals surface area contributed by atoms with E-state index in [1.807, 2.05) is 83.1 Å². The van der Waals surface area contributed by atoms with Crippen LogP contribution in [0.2, 0.25) is 10.0 Å². The van der Waals surface area contributed by atoms with Crippen molar-refractivity contribution in [1.82, 2.24) is 19.9 Å². The second-order valence-electron chi connectivity index (χ2n) is 14.5. The van der Waals surface area contributed by atoms with Gasteiger partial charge in [-0.25, -0.2) is 19.6 Å². The first-order chi connectivity index (χ1) is 25.6. The van der Waals surface area contributed by atoms with Crippen molar-refractivity contribution < 1.29 is 28.9 Å². The van der Waals surface area contributed by atoms with Crippen LogP contribution in [-0.4, -0.2) is 50.5 Å². The summed E-state index contributed by atoms with van der Waals surface area (Å²) in [5, 5.41) is 15.5. The zero-order chi connectivity index (χ0) is 39.3. The number of aryl methyl sites for hydroxylation is 5. The average molecular weight is 776 g/mol. The van der Waals surface area contributed by atoms with Crippen molar-refractivity contribution in [2.75, 3.05) is 13.2 Å². The Hall–Kier alpha value is -4.64. The summed E-state index contributed by atoms with van der Waals surface area (Å²) < 4.78 is 19.3. The normalized spacial score (nSPS) is 12.2. The van der Waals surface area contributed by atoms with Gasteiger partial charge in [0.1, 0.15) is 23.7 Å². The lowest BCUT2D eigenvalue weighted by Gasteiger charge is -2.23. The van der Waals surface area contributed by atoms with Crippen molar-refractivity contribution in [3.8, 4) is 16.9 Å². The zero-order valence-electron chi connectivity index (χ0n) is 32.1. The molecule has 0 fully saturated rings. The highest BCUT2D eigenvalue weighted by Gasteiger charge is 2.30. The summed E-state index contributed by atoms with van der Waals surface area (Å²) in [6, 6.07) is 16.8. The second-order valence-corrected chi connectivity index (χ2v) is 15.3. The Kier molecular flexibility index (Phi) is 12.9. The number of nitrogens with zero attached hydrogens (tertiary/aromatic N) is 3. The molecule has 1 amide bonds. The maximum Gasteiger partial charge on any atom is 0.407 e. The lowest BCUT2D eigenvalue weighted by atomic mass is 9.97. The van der Waals surface area contributed by atoms with Gasteiger partial charge in [0.15, 0.2) is 5.82 Å². The summed E-state index contributed by atoms with van der Waals surface area (Å²) in [6.45, 7) is 15.9. The average Bonchev–Trinajstić information content (AvgIpc) is 3.43. The van der Waals surface area contributed by atoms with Gasteiger partial charge in [-0.05, 0) is 109 Å². The van der Waals surface area contributed by atoms with E-state index in [0.717, 1.165) is 22.1 Å². The van der Waals surface area contributed by atoms with Gasteiger partial charge in [-0.2, -0.15) is 0 Å². The summed E-state index contributed by atoms with van der Waals surface area (Å²) in [7, 11) is 0. The number of hydrogen-bond acceptors (Lipinski definition) is 7. The number of amides is 1. The molecule has 0 aliphatic heterocycles. The smallest absolute Gasteiger partial charge is 0.407 e. The van der Waals surface area contributed by atoms with Crippen LogP contribution in [0.25, 0.3) is 22.0 Å². The fourth-order valence-electron chi connectivity index (χ4n) is 6.72. The largest absolute Gasteiger partial charge is 0.494 e. The van der Waals surface area contributed by atoms with Gasteiger partial charge >= 0.3 is 12.1 Å². The van der Waals surface area contributed by atoms with Crippen LogP contribution < -0.4 is 10.1 Å². The number of fused-ring (bicyclic) bond motifs is 1. The standard InChI is InChI=1S/C42H48Cl2N4O6/c1-24-19-30(20-25(2)37(24)44)53-18-12-15-31-32-16-17-33(43)36(35-27(4)46-34(47-28(35)5)23-52-22-29-13-10-9-11-14-29)38(32)48(39(31)40(49)50)26(3)21-45-41(51)54-42(6,7)8/h9-11,13-14,16-17,19-20,26H,12,15,18,21-23H2,1-8H3,(H,45,51)(H,49,50). The van der Waals surface area contributed by atoms with Crippen LogP contribution in [0.15, 0.2) is 54.6 Å². The molecule has 2 aromatic heterocycles. The topological polar surface area (TPSA) is 125 Å². The Labute approximate surface area is 326 Å². The van der Waals surface area contributed by atoms with Gasteiger partial charge < -0.3 is 29.2 Å². The highest BCUT2D eigenvalue weighted by Crippen LogP contribution is 2.43. The van der Waals surface area contributed by atoms with Crippen LogP contribution in [0, 0.1) is 27.7 Å². The van der Waals surface area contributed by atoms with Crippen LogP contribution >= 0.6 is 23.2 Å². The third-order valence-electron chi connectivity index (χ3n) is 8.96. The first-order valence-corrected chi connectivity index (χ1v) is 18.7. The Morgan fingerprint density at radius 1 is 0.926 bits per heavy atom. The number of benzene rings is 3. The molecule has 10 nitrogen and oxygen atoms in total. The number of nitrogens with one attached hydrogen (secondary N) is 1. The Bertz CT molecular complexity index is 2110. The van der Waals surface area contributed by atoms with Crippen molar-refractivity contribution in [3.05, 3.63) is 110 Å². The number of carbonyl (C=O) groups excluding carboxylic acids is 1. The molecule has 0 bridgehead atoms. The number of ether oxygens (including phenoxy) is 3. The van der Waals surface area contributed by atoms with Gasteiger partial charge in [0, 0.05) is 45.5 Å². The summed E-state index contributed by atoms with van der Waals surface area (Å²) in [5.41, 5.74) is 6.18. The molecule has 1 unspecified atom stereocenters. The third kappa shape index (κ3) is 9.53. The molecule has 0 aliphatic rings. The van der Waals surface area contributed by atoms with Crippen molar-refractivity contribution in [2.45, 2.75) is 93.1 Å². The molecule has 12 heteroatoms. The van der Waals surface area contributed by atoms with E-state index >= 15 is 0 Å². The molecule has 5 rings (SSSR count). The van der Waals surface area contributed by atoms with Crippen molar-refractivity contribution in [1.29, 1.82) is 0 Å². The van der Waals surface area contributed by atoms with Crippen LogP contribution in [0.3, 0.4) is 0 Å². The summed E-state index contributed by atoms with van der Waals surface area (Å²) in [5.74, 6) is 0.121. The first kappa shape index (κ1) is 40.5. The second kappa shape index (κ2) is 17.2. The minimum absolute atomic E-state index is 0.0922. The van der Waals surface area contributed by atoms with Crippen LogP contribution in [0.1, 0.15) is 90.1 Å². The molecule has 1 atom stereocenters. The Morgan fingerprint density at radius 3 is 2.19 bits per heavy atom. The zero-order valence-corrected chi connectivity index (χ0v) is 33.6. The molecule has 286 valence electrons. The van der Waals surface area contributed by atoms with Crippen LogP contribution in [-0.2, 0) is 29.1 Å². The number of hydrogen-bond donors (Lipinski definition) is 2. The summed E-state index contributed by atoms with van der Waals surface area (Å²) in [4.78, 5) is 35.6. The molecule has 0 aliphatic carbocycles. The number of rotatable bonds is 14. The Morgan fingerprint density at radius 2 is 1.57 bits per heavy atom. The predicted molar refractivity (Wildman–Crippen MR) is 213 cm³/mol. The highest BCUT2D eigenvalue weighted by molar-refractivity contribution is 6.35. The SMILES string of the molecule is Cc1cc(OCCCc2c(C(=O)O)n(C(C)CNC(=O)OC(C)(C)C)c3c(-c4c(C)nc(COCc5ccccc5)nc4C)c(Cl)ccc23)cc(C)c1Cl. The minimum atomic E-state index is -1.10. The number of alkyl carbamates (subject to hydrolysis) is 1. The fourth-order valence-corrected chi connectivity index (χ4v) is 7.08. The van der Waals surface area contributed by atoms with Gasteiger partial charge in [0.05, 0.1) is 23.8 Å². The number of aromatic carboxylic acids is 1. The number of aromatic nitrogens is 3. The van der Waals surface area contributed by atoms with Gasteiger partial charge in [0.25, 0.3) is 0 Å². The van der Waals surface area contributed by atoms with Gasteiger partial charge in [-0.3, -0.25) is 0 Å². The highest BCUT2D eigenvalue weighted by atomic mass is 35.5. The minimum Gasteiger partial charge on any atom is -0.494 e. The van der Waals surface area contributed by atoms with E-state index in [4.69, 9.17) is 47.4 Å². The molecule has 54 heavy (non-hydrogen) atoms. The van der Waals surface area contributed by atoms with Crippen molar-refractivity contribution >= 4 is 46.2 Å². The molecular formula is C42H48Cl2N4O6. The third-order valence-corrected chi connectivity index (χ3v) is 9.87. The van der Waals surface area contributed by atoms with E-state index in [0.29, 0.717) is 81.3 Å². The van der Waals surface area contributed by atoms with E-state index in [-0.39, 0.29) is 18.8 Å². The maximum atomic E-state index is 13.3. The number of carbonyl (C=O) groups is 2. The monoisotopic (exact) mass is 774 g/mol. The quantitative estimate of drug-likeness (QED) is 0.107. The lowest BCUT2D eigenvalue weighted by molar-refractivity contribution is 0.0521. The fraction of sp³-hybridized carbons (Fsp3) is 0.381. The number of carboxylic acids is 1. The summed E-state index contributed by atoms with van der Waals surface area (Å²) >= 11 is 13.4. The molecular weight excluding hydrogens is 727 g/mol. The predicted octanol–water partition coefficient (Wildman–Crippen LogP) is 10.2. The van der Waals surface area contributed by atoms with E-state index in [9.17, 15) is 14.7 Å². The van der Waals surface area contributed by atoms with E-state index < -0.39 is 23.7 Å². The molecule has 5 aromatic rings. The van der Waals surface area contributed by atoms with Gasteiger partial charge in [-0.15, -0.1) is 0 Å². The van der Waals surface area contributed by atoms with Crippen LogP contribution in [0.4, 0.5) is 4.79 Å². The van der Waals surface area contributed by atoms with Gasteiger partial charge in [-0.1, -0.05) is 59.6 Å². The first-order valence-electron chi connectivity index (χ1n) is 18.0. The van der Waals surface area contributed by atoms with E-state index in [2.05, 4.69) is 5.32 Å². The van der Waals surface area contributed by atoms with Gasteiger partial charge in [0.2, 0.25) is 0 Å². The lowest BCUT2D eigenvalue weighted by Crippen LogP contribution is -2.35. The number of carboxylic acid groups (broad SMARTS) is 1. The number of halogens is 2. The van der Waals surface area contributed by atoms with Crippen molar-refractivity contribution in [2.24, 2.45) is 0 Å². The molecule has 0 spiro atoms. The molecule has 3 aromatic carbocycles. The maximum absolute atomic E-state index is 13.3. The van der Waals surface area contributed by atoms with E-state index in [1.54, 1.807) is 31.4 Å². The molecule has 0 saturated carbocycles. The Balaban J connectivity index is 1.56. The molecule has 2 N–H and O–H groups in total. The molecule has 0 radical (unpaired) electrons. The van der Waals surface area contributed by atoms with Crippen LogP contribution in [0.5, 0.6) is 5.75 Å². The van der Waals surface area contributed by atoms with E-state index in [1.165, 1.54) is 0 Å². The molecule has 2 heterocycles. The molecule has 0 saturated heterocycles. The van der Waals surface area contributed by atoms with Crippen molar-refractivity contribution in [3.63, 3.8) is 0 Å². The summed E-state index contributed by atoms with van der Waals surface area (Å²) in [6.07, 6.45) is 0.327.